The Morgan fingerprint density at radius 2 is 1.33 bits per heavy atom. The van der Waals surface area contributed by atoms with Crippen molar-refractivity contribution in [3.8, 4) is 11.1 Å². The summed E-state index contributed by atoms with van der Waals surface area (Å²) >= 11 is 0. The molecular formula is C17H10O. The third-order valence-corrected chi connectivity index (χ3v) is 3.61. The molecule has 0 saturated carbocycles. The molecule has 84 valence electrons. The molecule has 0 atom stereocenters. The van der Waals surface area contributed by atoms with Crippen molar-refractivity contribution in [1.29, 1.82) is 0 Å². The largest absolute Gasteiger partial charge is 0.289 e. The van der Waals surface area contributed by atoms with E-state index in [1.165, 1.54) is 5.39 Å². The first-order valence-electron chi connectivity index (χ1n) is 6.02. The van der Waals surface area contributed by atoms with Crippen molar-refractivity contribution in [2.45, 2.75) is 0 Å². The Labute approximate surface area is 105 Å². The monoisotopic (exact) mass is 230 g/mol. The smallest absolute Gasteiger partial charge is 0.194 e. The molecule has 0 N–H and O–H groups in total. The number of hydrogen-bond donors (Lipinski definition) is 0. The minimum atomic E-state index is 0.145. The Balaban J connectivity index is 2.23. The molecule has 0 saturated heterocycles. The summed E-state index contributed by atoms with van der Waals surface area (Å²) in [6, 6.07) is 20.0. The average Bonchev–Trinajstić information content (AvgIpc) is 2.73. The Morgan fingerprint density at radius 1 is 0.611 bits per heavy atom. The molecule has 0 fully saturated rings. The van der Waals surface area contributed by atoms with Gasteiger partial charge in [0.25, 0.3) is 0 Å². The van der Waals surface area contributed by atoms with Crippen LogP contribution >= 0.6 is 0 Å². The van der Waals surface area contributed by atoms with E-state index in [1.54, 1.807) is 0 Å². The van der Waals surface area contributed by atoms with Crippen LogP contribution in [0.5, 0.6) is 0 Å². The van der Waals surface area contributed by atoms with Gasteiger partial charge in [-0.05, 0) is 22.4 Å². The molecule has 1 nitrogen and oxygen atoms in total. The molecule has 0 bridgehead atoms. The number of hydrogen-bond acceptors (Lipinski definition) is 1. The van der Waals surface area contributed by atoms with Gasteiger partial charge in [0, 0.05) is 16.7 Å². The zero-order valence-electron chi connectivity index (χ0n) is 9.68. The second-order valence-electron chi connectivity index (χ2n) is 4.58. The third-order valence-electron chi connectivity index (χ3n) is 3.61. The number of carbonyl (C=O) groups is 1. The van der Waals surface area contributed by atoms with Gasteiger partial charge in [-0.3, -0.25) is 4.79 Å². The summed E-state index contributed by atoms with van der Waals surface area (Å²) in [4.78, 5) is 12.3. The first kappa shape index (κ1) is 9.60. The van der Waals surface area contributed by atoms with Crippen molar-refractivity contribution in [3.63, 3.8) is 0 Å². The molecule has 0 heterocycles. The molecule has 4 rings (SSSR count). The fourth-order valence-electron chi connectivity index (χ4n) is 2.80. The predicted molar refractivity (Wildman–Crippen MR) is 72.8 cm³/mol. The number of rotatable bonds is 0. The van der Waals surface area contributed by atoms with Gasteiger partial charge in [-0.25, -0.2) is 0 Å². The summed E-state index contributed by atoms with van der Waals surface area (Å²) in [5.74, 6) is 0.145. The highest BCUT2D eigenvalue weighted by Gasteiger charge is 2.27. The van der Waals surface area contributed by atoms with Crippen LogP contribution in [0.15, 0.2) is 60.7 Å². The Hall–Kier alpha value is -2.41. The van der Waals surface area contributed by atoms with Crippen LogP contribution in [0, 0.1) is 0 Å². The molecule has 0 spiro atoms. The lowest BCUT2D eigenvalue weighted by Crippen LogP contribution is -1.94. The molecule has 0 aliphatic heterocycles. The molecule has 3 aromatic carbocycles. The Bertz CT molecular complexity index is 800. The van der Waals surface area contributed by atoms with Crippen LogP contribution in [0.25, 0.3) is 21.9 Å². The van der Waals surface area contributed by atoms with Gasteiger partial charge in [0.2, 0.25) is 0 Å². The summed E-state index contributed by atoms with van der Waals surface area (Å²) < 4.78 is 0. The van der Waals surface area contributed by atoms with Crippen molar-refractivity contribution in [1.82, 2.24) is 0 Å². The predicted octanol–water partition coefficient (Wildman–Crippen LogP) is 4.05. The highest BCUT2D eigenvalue weighted by Crippen LogP contribution is 2.40. The summed E-state index contributed by atoms with van der Waals surface area (Å²) in [6.07, 6.45) is 0. The standard InChI is InChI=1S/C17H10O/c18-17-14-8-4-3-7-13(14)16-12-6-2-1-5-11(12)9-10-15(16)17/h1-10H. The van der Waals surface area contributed by atoms with E-state index in [1.807, 2.05) is 48.5 Å². The van der Waals surface area contributed by atoms with Crippen molar-refractivity contribution in [3.05, 3.63) is 71.8 Å². The molecule has 0 amide bonds. The molecular weight excluding hydrogens is 220 g/mol. The fourth-order valence-corrected chi connectivity index (χ4v) is 2.80. The SMILES string of the molecule is O=C1c2ccccc2-c2c1ccc1ccccc21. The van der Waals surface area contributed by atoms with Crippen LogP contribution in [-0.4, -0.2) is 5.78 Å². The summed E-state index contributed by atoms with van der Waals surface area (Å²) in [7, 11) is 0. The third kappa shape index (κ3) is 1.08. The van der Waals surface area contributed by atoms with Crippen LogP contribution in [0.3, 0.4) is 0 Å². The lowest BCUT2D eigenvalue weighted by molar-refractivity contribution is 0.104. The average molecular weight is 230 g/mol. The molecule has 18 heavy (non-hydrogen) atoms. The maximum Gasteiger partial charge on any atom is 0.194 e. The van der Waals surface area contributed by atoms with Crippen LogP contribution in [0.2, 0.25) is 0 Å². The van der Waals surface area contributed by atoms with Crippen molar-refractivity contribution in [2.24, 2.45) is 0 Å². The lowest BCUT2D eigenvalue weighted by atomic mass is 9.98. The molecule has 1 aliphatic rings. The van der Waals surface area contributed by atoms with Gasteiger partial charge in [0.1, 0.15) is 0 Å². The second-order valence-corrected chi connectivity index (χ2v) is 4.58. The summed E-state index contributed by atoms with van der Waals surface area (Å²) in [5, 5.41) is 2.34. The number of benzene rings is 3. The Morgan fingerprint density at radius 3 is 2.22 bits per heavy atom. The molecule has 0 unspecified atom stereocenters. The van der Waals surface area contributed by atoms with E-state index in [-0.39, 0.29) is 5.78 Å². The first-order valence-corrected chi connectivity index (χ1v) is 6.02. The van der Waals surface area contributed by atoms with Crippen LogP contribution < -0.4 is 0 Å². The summed E-state index contributed by atoms with van der Waals surface area (Å²) in [6.45, 7) is 0. The van der Waals surface area contributed by atoms with Gasteiger partial charge >= 0.3 is 0 Å². The fraction of sp³-hybridized carbons (Fsp3) is 0. The molecule has 0 radical (unpaired) electrons. The molecule has 1 heteroatoms. The van der Waals surface area contributed by atoms with Gasteiger partial charge in [-0.1, -0.05) is 54.6 Å². The minimum Gasteiger partial charge on any atom is -0.289 e. The van der Waals surface area contributed by atoms with Gasteiger partial charge < -0.3 is 0 Å². The second kappa shape index (κ2) is 3.30. The van der Waals surface area contributed by atoms with E-state index in [0.717, 1.165) is 27.6 Å². The number of ketones is 1. The van der Waals surface area contributed by atoms with Crippen LogP contribution in [-0.2, 0) is 0 Å². The van der Waals surface area contributed by atoms with Gasteiger partial charge in [0.15, 0.2) is 5.78 Å². The van der Waals surface area contributed by atoms with Crippen LogP contribution in [0.1, 0.15) is 15.9 Å². The van der Waals surface area contributed by atoms with E-state index in [2.05, 4.69) is 12.1 Å². The maximum atomic E-state index is 12.3. The highest BCUT2D eigenvalue weighted by molar-refractivity contribution is 6.25. The van der Waals surface area contributed by atoms with E-state index < -0.39 is 0 Å². The topological polar surface area (TPSA) is 17.1 Å². The van der Waals surface area contributed by atoms with E-state index in [4.69, 9.17) is 0 Å². The van der Waals surface area contributed by atoms with Crippen molar-refractivity contribution < 1.29 is 4.79 Å². The van der Waals surface area contributed by atoms with E-state index >= 15 is 0 Å². The Kier molecular flexibility index (Phi) is 1.76. The van der Waals surface area contributed by atoms with Gasteiger partial charge in [-0.15, -0.1) is 0 Å². The molecule has 0 aromatic heterocycles. The van der Waals surface area contributed by atoms with Crippen LogP contribution in [0.4, 0.5) is 0 Å². The zero-order valence-corrected chi connectivity index (χ0v) is 9.68. The number of carbonyl (C=O) groups excluding carboxylic acids is 1. The molecule has 1 aliphatic carbocycles. The maximum absolute atomic E-state index is 12.3. The number of fused-ring (bicyclic) bond motifs is 5. The quantitative estimate of drug-likeness (QED) is 0.445. The lowest BCUT2D eigenvalue weighted by Gasteiger charge is -2.05. The molecule has 3 aromatic rings. The van der Waals surface area contributed by atoms with Gasteiger partial charge in [-0.2, -0.15) is 0 Å². The van der Waals surface area contributed by atoms with E-state index in [9.17, 15) is 4.79 Å². The first-order chi connectivity index (χ1) is 8.86. The van der Waals surface area contributed by atoms with Crippen molar-refractivity contribution in [2.75, 3.05) is 0 Å². The van der Waals surface area contributed by atoms with Gasteiger partial charge in [0.05, 0.1) is 0 Å². The van der Waals surface area contributed by atoms with E-state index in [0.29, 0.717) is 0 Å². The summed E-state index contributed by atoms with van der Waals surface area (Å²) in [5.41, 5.74) is 3.81. The zero-order chi connectivity index (χ0) is 12.1. The highest BCUT2D eigenvalue weighted by atomic mass is 16.1. The van der Waals surface area contributed by atoms with Crippen molar-refractivity contribution >= 4 is 16.6 Å². The normalized spacial score (nSPS) is 12.6. The minimum absolute atomic E-state index is 0.145.